The fourth-order valence-electron chi connectivity index (χ4n) is 2.72. The van der Waals surface area contributed by atoms with Gasteiger partial charge in [0.15, 0.2) is 0 Å². The molecule has 0 spiro atoms. The summed E-state index contributed by atoms with van der Waals surface area (Å²) in [4.78, 5) is 4.86. The lowest BCUT2D eigenvalue weighted by molar-refractivity contribution is 0.315. The van der Waals surface area contributed by atoms with Gasteiger partial charge in [-0.25, -0.2) is 0 Å². The third kappa shape index (κ3) is 4.70. The summed E-state index contributed by atoms with van der Waals surface area (Å²) in [7, 11) is 4.36. The fraction of sp³-hybridized carbons (Fsp3) is 0.647. The molecule has 4 heteroatoms. The maximum atomic E-state index is 3.62. The zero-order valence-corrected chi connectivity index (χ0v) is 15.5. The van der Waals surface area contributed by atoms with Gasteiger partial charge in [-0.1, -0.05) is 22.0 Å². The van der Waals surface area contributed by atoms with Crippen LogP contribution in [-0.2, 0) is 6.54 Å². The lowest BCUT2D eigenvalue weighted by Crippen LogP contribution is -2.36. The molecular formula is C17H28BrN3. The molecule has 1 N–H and O–H groups in total. The average molecular weight is 354 g/mol. The molecule has 1 atom stereocenters. The molecule has 118 valence electrons. The summed E-state index contributed by atoms with van der Waals surface area (Å²) in [5.74, 6) is 0. The lowest BCUT2D eigenvalue weighted by atomic mass is 10.1. The van der Waals surface area contributed by atoms with E-state index in [0.717, 1.165) is 24.1 Å². The van der Waals surface area contributed by atoms with E-state index in [1.165, 1.54) is 17.7 Å². The van der Waals surface area contributed by atoms with E-state index in [4.69, 9.17) is 0 Å². The number of nitrogens with zero attached hydrogens (tertiary/aromatic N) is 2. The van der Waals surface area contributed by atoms with Gasteiger partial charge >= 0.3 is 0 Å². The van der Waals surface area contributed by atoms with Crippen molar-refractivity contribution in [2.45, 2.75) is 45.3 Å². The van der Waals surface area contributed by atoms with Gasteiger partial charge in [0.2, 0.25) is 0 Å². The highest BCUT2D eigenvalue weighted by Gasteiger charge is 2.25. The van der Waals surface area contributed by atoms with E-state index < -0.39 is 0 Å². The van der Waals surface area contributed by atoms with Crippen molar-refractivity contribution in [3.8, 4) is 0 Å². The van der Waals surface area contributed by atoms with Crippen molar-refractivity contribution in [2.24, 2.45) is 0 Å². The van der Waals surface area contributed by atoms with Crippen LogP contribution in [0.25, 0.3) is 0 Å². The zero-order chi connectivity index (χ0) is 15.6. The quantitative estimate of drug-likeness (QED) is 0.893. The summed E-state index contributed by atoms with van der Waals surface area (Å²) in [6.45, 7) is 9.80. The number of likely N-dealkylation sites (N-methyl/N-ethyl adjacent to an activating group) is 1. The summed E-state index contributed by atoms with van der Waals surface area (Å²) in [5.41, 5.74) is 2.89. The SMILES string of the molecule is CN(C)C1CCN(c2cc(Br)ccc2CNC(C)(C)C)C1. The van der Waals surface area contributed by atoms with Gasteiger partial charge in [0.05, 0.1) is 0 Å². The first kappa shape index (κ1) is 16.8. The van der Waals surface area contributed by atoms with Crippen LogP contribution in [0.3, 0.4) is 0 Å². The highest BCUT2D eigenvalue weighted by Crippen LogP contribution is 2.29. The van der Waals surface area contributed by atoms with Gasteiger partial charge in [0, 0.05) is 41.4 Å². The number of hydrogen-bond donors (Lipinski definition) is 1. The minimum absolute atomic E-state index is 0.140. The number of anilines is 1. The molecule has 0 radical (unpaired) electrons. The van der Waals surface area contributed by atoms with Crippen molar-refractivity contribution in [1.29, 1.82) is 0 Å². The van der Waals surface area contributed by atoms with E-state index >= 15 is 0 Å². The van der Waals surface area contributed by atoms with E-state index in [9.17, 15) is 0 Å². The molecule has 0 amide bonds. The Morgan fingerprint density at radius 1 is 1.33 bits per heavy atom. The second kappa shape index (κ2) is 6.67. The molecule has 1 aliphatic rings. The Kier molecular flexibility index (Phi) is 5.33. The lowest BCUT2D eigenvalue weighted by Gasteiger charge is -2.26. The van der Waals surface area contributed by atoms with E-state index in [-0.39, 0.29) is 5.54 Å². The Balaban J connectivity index is 2.16. The summed E-state index contributed by atoms with van der Waals surface area (Å²) in [6.07, 6.45) is 1.24. The van der Waals surface area contributed by atoms with Gasteiger partial charge in [0.25, 0.3) is 0 Å². The fourth-order valence-corrected chi connectivity index (χ4v) is 3.07. The molecule has 0 saturated carbocycles. The number of hydrogen-bond acceptors (Lipinski definition) is 3. The maximum absolute atomic E-state index is 3.62. The summed E-state index contributed by atoms with van der Waals surface area (Å²) in [5, 5.41) is 3.60. The minimum atomic E-state index is 0.140. The molecule has 1 aromatic carbocycles. The van der Waals surface area contributed by atoms with E-state index in [2.05, 4.69) is 84.1 Å². The number of halogens is 1. The topological polar surface area (TPSA) is 18.5 Å². The maximum Gasteiger partial charge on any atom is 0.0423 e. The molecule has 1 saturated heterocycles. The van der Waals surface area contributed by atoms with Gasteiger partial charge < -0.3 is 15.1 Å². The van der Waals surface area contributed by atoms with Crippen molar-refractivity contribution in [3.05, 3.63) is 28.2 Å². The highest BCUT2D eigenvalue weighted by atomic mass is 79.9. The first-order valence-electron chi connectivity index (χ1n) is 7.71. The van der Waals surface area contributed by atoms with Crippen LogP contribution in [-0.4, -0.2) is 43.7 Å². The summed E-state index contributed by atoms with van der Waals surface area (Å²) in [6, 6.07) is 7.30. The van der Waals surface area contributed by atoms with Gasteiger partial charge in [0.1, 0.15) is 0 Å². The third-order valence-electron chi connectivity index (χ3n) is 4.09. The molecule has 21 heavy (non-hydrogen) atoms. The van der Waals surface area contributed by atoms with Crippen LogP contribution in [0.2, 0.25) is 0 Å². The minimum Gasteiger partial charge on any atom is -0.370 e. The smallest absolute Gasteiger partial charge is 0.0423 e. The van der Waals surface area contributed by atoms with Crippen molar-refractivity contribution >= 4 is 21.6 Å². The van der Waals surface area contributed by atoms with Crippen molar-refractivity contribution in [1.82, 2.24) is 10.2 Å². The number of nitrogens with one attached hydrogen (secondary N) is 1. The Bertz CT molecular complexity index is 479. The van der Waals surface area contributed by atoms with Crippen LogP contribution in [0.4, 0.5) is 5.69 Å². The molecule has 0 aromatic heterocycles. The second-order valence-corrected chi connectivity index (χ2v) is 8.14. The Hall–Kier alpha value is -0.580. The van der Waals surface area contributed by atoms with Crippen molar-refractivity contribution < 1.29 is 0 Å². The van der Waals surface area contributed by atoms with Crippen molar-refractivity contribution in [2.75, 3.05) is 32.1 Å². The molecule has 1 aliphatic heterocycles. The molecule has 1 aromatic rings. The third-order valence-corrected chi connectivity index (χ3v) is 4.58. The highest BCUT2D eigenvalue weighted by molar-refractivity contribution is 9.10. The van der Waals surface area contributed by atoms with Crippen LogP contribution < -0.4 is 10.2 Å². The van der Waals surface area contributed by atoms with Crippen molar-refractivity contribution in [3.63, 3.8) is 0 Å². The molecule has 1 fully saturated rings. The summed E-state index contributed by atoms with van der Waals surface area (Å²) >= 11 is 3.62. The van der Waals surface area contributed by atoms with Crippen LogP contribution in [0.5, 0.6) is 0 Å². The Morgan fingerprint density at radius 2 is 2.05 bits per heavy atom. The second-order valence-electron chi connectivity index (χ2n) is 7.23. The van der Waals surface area contributed by atoms with Gasteiger partial charge in [-0.3, -0.25) is 0 Å². The zero-order valence-electron chi connectivity index (χ0n) is 13.9. The van der Waals surface area contributed by atoms with E-state index in [0.29, 0.717) is 6.04 Å². The number of benzene rings is 1. The Morgan fingerprint density at radius 3 is 2.62 bits per heavy atom. The molecular weight excluding hydrogens is 326 g/mol. The monoisotopic (exact) mass is 353 g/mol. The predicted octanol–water partition coefficient (Wildman–Crippen LogP) is 3.48. The molecule has 1 heterocycles. The average Bonchev–Trinajstić information content (AvgIpc) is 2.85. The standard InChI is InChI=1S/C17H28BrN3/c1-17(2,3)19-11-13-6-7-14(18)10-16(13)21-9-8-15(12-21)20(4)5/h6-7,10,15,19H,8-9,11-12H2,1-5H3. The van der Waals surface area contributed by atoms with Gasteiger partial charge in [-0.15, -0.1) is 0 Å². The normalized spacial score (nSPS) is 19.6. The van der Waals surface area contributed by atoms with Crippen LogP contribution in [0.1, 0.15) is 32.8 Å². The largest absolute Gasteiger partial charge is 0.370 e. The van der Waals surface area contributed by atoms with E-state index in [1.807, 2.05) is 0 Å². The molecule has 3 nitrogen and oxygen atoms in total. The molecule has 1 unspecified atom stereocenters. The van der Waals surface area contributed by atoms with Crippen LogP contribution in [0, 0.1) is 0 Å². The van der Waals surface area contributed by atoms with E-state index in [1.54, 1.807) is 0 Å². The Labute approximate surface area is 137 Å². The van der Waals surface area contributed by atoms with Crippen LogP contribution in [0.15, 0.2) is 22.7 Å². The summed E-state index contributed by atoms with van der Waals surface area (Å²) < 4.78 is 1.16. The van der Waals surface area contributed by atoms with Gasteiger partial charge in [-0.05, 0) is 59.0 Å². The first-order chi connectivity index (χ1) is 9.76. The predicted molar refractivity (Wildman–Crippen MR) is 95.0 cm³/mol. The van der Waals surface area contributed by atoms with Crippen LogP contribution >= 0.6 is 15.9 Å². The molecule has 0 bridgehead atoms. The molecule has 0 aliphatic carbocycles. The molecule has 2 rings (SSSR count). The first-order valence-corrected chi connectivity index (χ1v) is 8.50. The van der Waals surface area contributed by atoms with Gasteiger partial charge in [-0.2, -0.15) is 0 Å². The number of rotatable bonds is 4.